The average molecular weight is 315 g/mol. The first-order valence-corrected chi connectivity index (χ1v) is 6.94. The van der Waals surface area contributed by atoms with Gasteiger partial charge in [-0.3, -0.25) is 0 Å². The third-order valence-corrected chi connectivity index (χ3v) is 3.16. The Morgan fingerprint density at radius 1 is 0.842 bits per heavy atom. The van der Waals surface area contributed by atoms with Gasteiger partial charge in [-0.25, -0.2) is 0 Å². The number of halogens is 1. The Balaban J connectivity index is 2.20. The van der Waals surface area contributed by atoms with Gasteiger partial charge in [-0.2, -0.15) is 0 Å². The van der Waals surface area contributed by atoms with Crippen LogP contribution in [0.25, 0.3) is 0 Å². The number of hydrogen-bond acceptors (Lipinski definition) is 1. The van der Waals surface area contributed by atoms with Gasteiger partial charge in [-0.05, 0) is 16.0 Å². The van der Waals surface area contributed by atoms with E-state index in [1.807, 2.05) is 60.7 Å². The van der Waals surface area contributed by atoms with Gasteiger partial charge in [0.15, 0.2) is 0 Å². The molecule has 2 heteroatoms. The third kappa shape index (κ3) is 4.24. The van der Waals surface area contributed by atoms with Gasteiger partial charge in [-0.15, -0.1) is 0 Å². The lowest BCUT2D eigenvalue weighted by Gasteiger charge is -2.22. The van der Waals surface area contributed by atoms with Gasteiger partial charge in [0.05, 0.1) is 0 Å². The Morgan fingerprint density at radius 3 is 1.63 bits per heavy atom. The minimum atomic E-state index is -1.05. The molecule has 0 aromatic heterocycles. The minimum absolute atomic E-state index is 0.515. The first-order valence-electron chi connectivity index (χ1n) is 6.15. The molecule has 0 amide bonds. The summed E-state index contributed by atoms with van der Waals surface area (Å²) in [4.78, 5) is 2.66. The molecule has 0 heterocycles. The Kier molecular flexibility index (Phi) is 4.79. The highest BCUT2D eigenvalue weighted by atomic mass is 79.9. The second kappa shape index (κ2) is 6.56. The van der Waals surface area contributed by atoms with E-state index < -0.39 is 5.60 Å². The summed E-state index contributed by atoms with van der Waals surface area (Å²) in [7, 11) is 0. The second-order valence-corrected chi connectivity index (χ2v) is 4.97. The largest absolute Gasteiger partial charge is 0.377 e. The van der Waals surface area contributed by atoms with Gasteiger partial charge < -0.3 is 5.11 Å². The van der Waals surface area contributed by atoms with E-state index in [1.165, 1.54) is 0 Å². The van der Waals surface area contributed by atoms with Crippen molar-refractivity contribution < 1.29 is 5.11 Å². The molecule has 0 unspecified atom stereocenters. The fourth-order valence-electron chi connectivity index (χ4n) is 2.11. The monoisotopic (exact) mass is 314 g/mol. The predicted octanol–water partition coefficient (Wildman–Crippen LogP) is 3.56. The van der Waals surface area contributed by atoms with E-state index in [2.05, 4.69) is 26.7 Å². The van der Waals surface area contributed by atoms with Crippen LogP contribution in [0.2, 0.25) is 0 Å². The van der Waals surface area contributed by atoms with Crippen molar-refractivity contribution in [3.63, 3.8) is 0 Å². The number of aliphatic hydroxyl groups is 1. The Morgan fingerprint density at radius 2 is 1.26 bits per heavy atom. The molecule has 19 heavy (non-hydrogen) atoms. The molecule has 2 aromatic carbocycles. The summed E-state index contributed by atoms with van der Waals surface area (Å²) in [5, 5.41) is 10.7. The van der Waals surface area contributed by atoms with Crippen molar-refractivity contribution in [2.45, 2.75) is 18.4 Å². The van der Waals surface area contributed by atoms with Crippen molar-refractivity contribution in [3.8, 4) is 10.8 Å². The standard InChI is InChI=1S/C17H15BrO/c18-12-11-17(19,13-15-7-3-1-4-8-15)14-16-9-5-2-6-10-16/h1-10,19H,13-14H2. The maximum atomic E-state index is 10.7. The number of hydrogen-bond donors (Lipinski definition) is 1. The lowest BCUT2D eigenvalue weighted by molar-refractivity contribution is 0.102. The summed E-state index contributed by atoms with van der Waals surface area (Å²) in [6.45, 7) is 0. The van der Waals surface area contributed by atoms with Crippen molar-refractivity contribution in [1.29, 1.82) is 0 Å². The summed E-state index contributed by atoms with van der Waals surface area (Å²) in [6.07, 6.45) is 1.03. The predicted molar refractivity (Wildman–Crippen MR) is 81.9 cm³/mol. The molecule has 0 aliphatic heterocycles. The topological polar surface area (TPSA) is 20.2 Å². The lowest BCUT2D eigenvalue weighted by Crippen LogP contribution is -2.32. The zero-order chi connectivity index (χ0) is 13.6. The van der Waals surface area contributed by atoms with Gasteiger partial charge in [0.1, 0.15) is 5.60 Å². The van der Waals surface area contributed by atoms with Crippen LogP contribution >= 0.6 is 15.9 Å². The van der Waals surface area contributed by atoms with E-state index in [1.54, 1.807) is 0 Å². The van der Waals surface area contributed by atoms with Crippen molar-refractivity contribution in [1.82, 2.24) is 0 Å². The van der Waals surface area contributed by atoms with E-state index in [-0.39, 0.29) is 0 Å². The molecular weight excluding hydrogens is 300 g/mol. The van der Waals surface area contributed by atoms with E-state index in [9.17, 15) is 5.11 Å². The van der Waals surface area contributed by atoms with Gasteiger partial charge in [0.25, 0.3) is 0 Å². The van der Waals surface area contributed by atoms with Crippen LogP contribution in [-0.2, 0) is 12.8 Å². The molecule has 0 aliphatic carbocycles. The molecule has 0 atom stereocenters. The highest BCUT2D eigenvalue weighted by molar-refractivity contribution is 9.12. The smallest absolute Gasteiger partial charge is 0.134 e. The minimum Gasteiger partial charge on any atom is -0.377 e. The first-order chi connectivity index (χ1) is 9.22. The molecular formula is C17H15BrO. The molecule has 0 fully saturated rings. The molecule has 0 bridgehead atoms. The van der Waals surface area contributed by atoms with E-state index >= 15 is 0 Å². The average Bonchev–Trinajstić information content (AvgIpc) is 2.41. The highest BCUT2D eigenvalue weighted by Gasteiger charge is 2.25. The van der Waals surface area contributed by atoms with Crippen molar-refractivity contribution in [3.05, 3.63) is 71.8 Å². The third-order valence-electron chi connectivity index (χ3n) is 2.96. The van der Waals surface area contributed by atoms with E-state index in [4.69, 9.17) is 0 Å². The summed E-state index contributed by atoms with van der Waals surface area (Å²) in [5.41, 5.74) is 1.11. The zero-order valence-corrected chi connectivity index (χ0v) is 12.1. The van der Waals surface area contributed by atoms with Crippen LogP contribution in [0.15, 0.2) is 60.7 Å². The van der Waals surface area contributed by atoms with E-state index in [0.717, 1.165) is 11.1 Å². The normalized spacial score (nSPS) is 10.6. The molecule has 1 N–H and O–H groups in total. The van der Waals surface area contributed by atoms with Crippen LogP contribution in [0.4, 0.5) is 0 Å². The second-order valence-electron chi connectivity index (χ2n) is 4.58. The molecule has 2 aromatic rings. The quantitative estimate of drug-likeness (QED) is 0.856. The van der Waals surface area contributed by atoms with E-state index in [0.29, 0.717) is 12.8 Å². The number of rotatable bonds is 4. The zero-order valence-electron chi connectivity index (χ0n) is 10.5. The fraction of sp³-hybridized carbons (Fsp3) is 0.176. The molecule has 0 aliphatic rings. The van der Waals surface area contributed by atoms with Crippen LogP contribution in [-0.4, -0.2) is 10.7 Å². The summed E-state index contributed by atoms with van der Waals surface area (Å²) >= 11 is 3.09. The Labute approximate surface area is 122 Å². The van der Waals surface area contributed by atoms with Gasteiger partial charge in [0.2, 0.25) is 0 Å². The Bertz CT molecular complexity index is 525. The van der Waals surface area contributed by atoms with Crippen LogP contribution in [0.5, 0.6) is 0 Å². The maximum Gasteiger partial charge on any atom is 0.134 e. The van der Waals surface area contributed by atoms with Crippen LogP contribution in [0.1, 0.15) is 11.1 Å². The molecule has 2 rings (SSSR count). The van der Waals surface area contributed by atoms with Gasteiger partial charge in [0, 0.05) is 28.8 Å². The summed E-state index contributed by atoms with van der Waals surface area (Å²) in [5.74, 6) is 2.88. The van der Waals surface area contributed by atoms with Crippen LogP contribution < -0.4 is 0 Å². The number of benzene rings is 2. The van der Waals surface area contributed by atoms with Crippen molar-refractivity contribution in [2.24, 2.45) is 0 Å². The molecule has 0 saturated heterocycles. The van der Waals surface area contributed by atoms with Crippen LogP contribution in [0.3, 0.4) is 0 Å². The SMILES string of the molecule is OC(C#CBr)(Cc1ccccc1)Cc1ccccc1. The summed E-state index contributed by atoms with van der Waals surface area (Å²) in [6, 6.07) is 19.8. The fourth-order valence-corrected chi connectivity index (χ4v) is 2.47. The Hall–Kier alpha value is -1.56. The summed E-state index contributed by atoms with van der Waals surface area (Å²) < 4.78 is 0. The molecule has 1 nitrogen and oxygen atoms in total. The molecule has 0 spiro atoms. The van der Waals surface area contributed by atoms with Gasteiger partial charge >= 0.3 is 0 Å². The van der Waals surface area contributed by atoms with Gasteiger partial charge in [-0.1, -0.05) is 66.6 Å². The van der Waals surface area contributed by atoms with Crippen LogP contribution in [0, 0.1) is 10.8 Å². The first kappa shape index (κ1) is 13.9. The molecule has 96 valence electrons. The lowest BCUT2D eigenvalue weighted by atomic mass is 9.89. The maximum absolute atomic E-state index is 10.7. The molecule has 0 radical (unpaired) electrons. The van der Waals surface area contributed by atoms with Crippen molar-refractivity contribution >= 4 is 15.9 Å². The van der Waals surface area contributed by atoms with Crippen molar-refractivity contribution in [2.75, 3.05) is 0 Å². The molecule has 0 saturated carbocycles. The highest BCUT2D eigenvalue weighted by Crippen LogP contribution is 2.19.